The van der Waals surface area contributed by atoms with Gasteiger partial charge in [0.15, 0.2) is 5.78 Å². The van der Waals surface area contributed by atoms with Crippen molar-refractivity contribution in [3.05, 3.63) is 66.1 Å². The minimum Gasteiger partial charge on any atom is -0.349 e. The second-order valence-corrected chi connectivity index (χ2v) is 8.05. The van der Waals surface area contributed by atoms with Gasteiger partial charge in [0.05, 0.1) is 23.2 Å². The van der Waals surface area contributed by atoms with E-state index in [1.54, 1.807) is 6.20 Å². The van der Waals surface area contributed by atoms with Gasteiger partial charge >= 0.3 is 0 Å². The highest BCUT2D eigenvalue weighted by Gasteiger charge is 2.22. The number of pyridine rings is 1. The number of amides is 1. The molecule has 2 N–H and O–H groups in total. The first kappa shape index (κ1) is 19.7. The van der Waals surface area contributed by atoms with Crippen molar-refractivity contribution in [2.45, 2.75) is 31.3 Å². The van der Waals surface area contributed by atoms with E-state index in [2.05, 4.69) is 15.0 Å². The average Bonchev–Trinajstić information content (AvgIpc) is 3.08. The van der Waals surface area contributed by atoms with E-state index in [0.717, 1.165) is 5.65 Å². The molecule has 3 rings (SSSR count). The molecule has 2 aromatic heterocycles. The Labute approximate surface area is 162 Å². The van der Waals surface area contributed by atoms with Crippen LogP contribution in [0, 0.1) is 0 Å². The highest BCUT2D eigenvalue weighted by atomic mass is 32.2. The minimum absolute atomic E-state index is 0.0162. The molecule has 1 atom stereocenters. The molecule has 9 heteroatoms. The van der Waals surface area contributed by atoms with Gasteiger partial charge in [-0.05, 0) is 38.1 Å². The maximum absolute atomic E-state index is 12.4. The number of benzene rings is 1. The fourth-order valence-electron chi connectivity index (χ4n) is 2.63. The van der Waals surface area contributed by atoms with Gasteiger partial charge in [-0.2, -0.15) is 4.72 Å². The molecule has 8 nitrogen and oxygen atoms in total. The summed E-state index contributed by atoms with van der Waals surface area (Å²) in [5, 5.41) is 2.67. The Hall–Kier alpha value is -3.04. The number of carbonyl (C=O) groups excluding carboxylic acids is 2. The van der Waals surface area contributed by atoms with Crippen LogP contribution in [0.4, 0.5) is 0 Å². The monoisotopic (exact) mass is 400 g/mol. The van der Waals surface area contributed by atoms with Crippen molar-refractivity contribution >= 4 is 27.4 Å². The fraction of sp³-hybridized carbons (Fsp3) is 0.211. The lowest BCUT2D eigenvalue weighted by atomic mass is 10.2. The minimum atomic E-state index is -3.89. The summed E-state index contributed by atoms with van der Waals surface area (Å²) in [5.74, 6) is -0.627. The van der Waals surface area contributed by atoms with Crippen molar-refractivity contribution in [1.82, 2.24) is 19.4 Å². The first-order chi connectivity index (χ1) is 13.3. The summed E-state index contributed by atoms with van der Waals surface area (Å²) in [6.45, 7) is 3.04. The molecular formula is C19H20N4O4S. The summed E-state index contributed by atoms with van der Waals surface area (Å²) in [6, 6.07) is 10.1. The van der Waals surface area contributed by atoms with Crippen LogP contribution in [0.2, 0.25) is 0 Å². The molecule has 0 aliphatic rings. The zero-order valence-electron chi connectivity index (χ0n) is 15.4. The number of rotatable bonds is 7. The number of sulfonamides is 1. The molecule has 0 spiro atoms. The number of aromatic nitrogens is 2. The van der Waals surface area contributed by atoms with Crippen LogP contribution in [0.25, 0.3) is 5.65 Å². The van der Waals surface area contributed by atoms with Crippen LogP contribution in [0.15, 0.2) is 59.8 Å². The maximum atomic E-state index is 12.4. The van der Waals surface area contributed by atoms with Gasteiger partial charge in [0.1, 0.15) is 5.65 Å². The molecule has 3 aromatic rings. The largest absolute Gasteiger partial charge is 0.349 e. The third-order valence-electron chi connectivity index (χ3n) is 4.15. The van der Waals surface area contributed by atoms with E-state index in [1.807, 2.05) is 28.8 Å². The SMILES string of the molecule is CC(=O)c1ccc(S(=O)(=O)N[C@@H](C)C(=O)NCc2cn3ccccc3n2)cc1. The molecule has 0 saturated carbocycles. The first-order valence-electron chi connectivity index (χ1n) is 8.60. The summed E-state index contributed by atoms with van der Waals surface area (Å²) >= 11 is 0. The summed E-state index contributed by atoms with van der Waals surface area (Å²) < 4.78 is 29.0. The van der Waals surface area contributed by atoms with E-state index in [-0.39, 0.29) is 17.2 Å². The molecule has 0 unspecified atom stereocenters. The normalized spacial score (nSPS) is 12.6. The molecular weight excluding hydrogens is 380 g/mol. The molecule has 1 amide bonds. The van der Waals surface area contributed by atoms with E-state index in [0.29, 0.717) is 11.3 Å². The Balaban J connectivity index is 1.61. The predicted octanol–water partition coefficient (Wildman–Crippen LogP) is 1.52. The molecule has 0 radical (unpaired) electrons. The van der Waals surface area contributed by atoms with Crippen molar-refractivity contribution in [3.63, 3.8) is 0 Å². The lowest BCUT2D eigenvalue weighted by Crippen LogP contribution is -2.44. The number of hydrogen-bond donors (Lipinski definition) is 2. The molecule has 28 heavy (non-hydrogen) atoms. The molecule has 0 aliphatic heterocycles. The molecule has 146 valence electrons. The first-order valence-corrected chi connectivity index (χ1v) is 10.1. The number of carbonyl (C=O) groups is 2. The number of fused-ring (bicyclic) bond motifs is 1. The van der Waals surface area contributed by atoms with Crippen LogP contribution in [0.3, 0.4) is 0 Å². The van der Waals surface area contributed by atoms with E-state index >= 15 is 0 Å². The Kier molecular flexibility index (Phi) is 5.57. The standard InChI is InChI=1S/C19H20N4O4S/c1-13(22-28(26,27)17-8-6-15(7-9-17)14(2)24)19(25)20-11-16-12-23-10-4-3-5-18(23)21-16/h3-10,12-13,22H,11H2,1-2H3,(H,20,25)/t13-/m0/s1. The third-order valence-corrected chi connectivity index (χ3v) is 5.71. The van der Waals surface area contributed by atoms with Crippen molar-refractivity contribution in [3.8, 4) is 0 Å². The Morgan fingerprint density at radius 3 is 2.50 bits per heavy atom. The van der Waals surface area contributed by atoms with Gasteiger partial charge in [-0.3, -0.25) is 9.59 Å². The number of nitrogens with one attached hydrogen (secondary N) is 2. The van der Waals surface area contributed by atoms with Crippen molar-refractivity contribution in [2.24, 2.45) is 0 Å². The van der Waals surface area contributed by atoms with Gasteiger partial charge in [-0.25, -0.2) is 13.4 Å². The van der Waals surface area contributed by atoms with Crippen LogP contribution in [0.5, 0.6) is 0 Å². The van der Waals surface area contributed by atoms with Gasteiger partial charge in [-0.15, -0.1) is 0 Å². The van der Waals surface area contributed by atoms with Crippen LogP contribution < -0.4 is 10.0 Å². The second-order valence-electron chi connectivity index (χ2n) is 6.34. The Morgan fingerprint density at radius 1 is 1.14 bits per heavy atom. The van der Waals surface area contributed by atoms with Crippen molar-refractivity contribution in [2.75, 3.05) is 0 Å². The zero-order valence-corrected chi connectivity index (χ0v) is 16.2. The lowest BCUT2D eigenvalue weighted by molar-refractivity contribution is -0.122. The number of imidazole rings is 1. The van der Waals surface area contributed by atoms with Crippen molar-refractivity contribution in [1.29, 1.82) is 0 Å². The van der Waals surface area contributed by atoms with Gasteiger partial charge in [0, 0.05) is 18.0 Å². The average molecular weight is 400 g/mol. The highest BCUT2D eigenvalue weighted by Crippen LogP contribution is 2.12. The van der Waals surface area contributed by atoms with E-state index in [9.17, 15) is 18.0 Å². The summed E-state index contributed by atoms with van der Waals surface area (Å²) in [4.78, 5) is 27.9. The number of nitrogens with zero attached hydrogens (tertiary/aromatic N) is 2. The smallest absolute Gasteiger partial charge is 0.241 e. The summed E-state index contributed by atoms with van der Waals surface area (Å²) in [5.41, 5.74) is 1.83. The molecule has 1 aromatic carbocycles. The number of hydrogen-bond acceptors (Lipinski definition) is 5. The van der Waals surface area contributed by atoms with Gasteiger partial charge < -0.3 is 9.72 Å². The number of ketones is 1. The third kappa shape index (κ3) is 4.44. The predicted molar refractivity (Wildman–Crippen MR) is 103 cm³/mol. The van der Waals surface area contributed by atoms with Crippen molar-refractivity contribution < 1.29 is 18.0 Å². The van der Waals surface area contributed by atoms with Gasteiger partial charge in [0.2, 0.25) is 15.9 Å². The van der Waals surface area contributed by atoms with Crippen LogP contribution in [0.1, 0.15) is 29.9 Å². The maximum Gasteiger partial charge on any atom is 0.241 e. The molecule has 0 aliphatic carbocycles. The van der Waals surface area contributed by atoms with Crippen LogP contribution >= 0.6 is 0 Å². The molecule has 0 fully saturated rings. The van der Waals surface area contributed by atoms with E-state index < -0.39 is 22.0 Å². The van der Waals surface area contributed by atoms with Crippen LogP contribution in [-0.2, 0) is 21.4 Å². The Morgan fingerprint density at radius 2 is 1.86 bits per heavy atom. The second kappa shape index (κ2) is 7.91. The molecule has 0 saturated heterocycles. The summed E-state index contributed by atoms with van der Waals surface area (Å²) in [7, 11) is -3.89. The lowest BCUT2D eigenvalue weighted by Gasteiger charge is -2.14. The molecule has 2 heterocycles. The Bertz CT molecular complexity index is 1090. The van der Waals surface area contributed by atoms with E-state index in [1.165, 1.54) is 38.1 Å². The van der Waals surface area contributed by atoms with Gasteiger partial charge in [-0.1, -0.05) is 18.2 Å². The summed E-state index contributed by atoms with van der Waals surface area (Å²) in [6.07, 6.45) is 3.64. The van der Waals surface area contributed by atoms with E-state index in [4.69, 9.17) is 0 Å². The number of Topliss-reactive ketones (excluding diaryl/α,β-unsaturated/α-hetero) is 1. The fourth-order valence-corrected chi connectivity index (χ4v) is 3.83. The highest BCUT2D eigenvalue weighted by molar-refractivity contribution is 7.89. The topological polar surface area (TPSA) is 110 Å². The van der Waals surface area contributed by atoms with Crippen LogP contribution in [-0.4, -0.2) is 35.5 Å². The quantitative estimate of drug-likeness (QED) is 0.585. The molecule has 0 bridgehead atoms. The van der Waals surface area contributed by atoms with Gasteiger partial charge in [0.25, 0.3) is 0 Å². The zero-order chi connectivity index (χ0) is 20.3.